The first-order valence-corrected chi connectivity index (χ1v) is 8.14. The zero-order valence-corrected chi connectivity index (χ0v) is 14.0. The first-order valence-electron chi connectivity index (χ1n) is 7.67. The molecule has 1 heterocycles. The van der Waals surface area contributed by atoms with Crippen LogP contribution >= 0.6 is 12.2 Å². The summed E-state index contributed by atoms with van der Waals surface area (Å²) >= 11 is 5.11. The van der Waals surface area contributed by atoms with Crippen molar-refractivity contribution in [2.75, 3.05) is 0 Å². The van der Waals surface area contributed by atoms with Gasteiger partial charge in [-0.05, 0) is 30.2 Å². The Hall–Kier alpha value is -2.50. The van der Waals surface area contributed by atoms with E-state index >= 15 is 0 Å². The first-order chi connectivity index (χ1) is 11.6. The SMILES string of the molecule is CC(=O)C1=C(c2ccccc2)NC(C=S)NC1c1ccc(O)cc1. The fourth-order valence-corrected chi connectivity index (χ4v) is 3.05. The molecule has 2 aromatic carbocycles. The van der Waals surface area contributed by atoms with E-state index in [1.165, 1.54) is 0 Å². The second-order valence-electron chi connectivity index (χ2n) is 5.66. The summed E-state index contributed by atoms with van der Waals surface area (Å²) in [7, 11) is 0. The second-order valence-corrected chi connectivity index (χ2v) is 5.93. The number of benzene rings is 2. The van der Waals surface area contributed by atoms with Crippen LogP contribution in [0.1, 0.15) is 24.1 Å². The van der Waals surface area contributed by atoms with E-state index in [2.05, 4.69) is 10.6 Å². The number of carbonyl (C=O) groups is 1. The standard InChI is InChI=1S/C19H18N2O2S/c1-12(22)17-18(13-5-3-2-4-6-13)20-16(11-24)21-19(17)14-7-9-15(23)10-8-14/h2-11,16,19-21,23H,1H3. The molecular weight excluding hydrogens is 320 g/mol. The van der Waals surface area contributed by atoms with E-state index in [1.54, 1.807) is 24.4 Å². The monoisotopic (exact) mass is 338 g/mol. The van der Waals surface area contributed by atoms with E-state index in [-0.39, 0.29) is 23.7 Å². The number of nitrogens with one attached hydrogen (secondary N) is 2. The van der Waals surface area contributed by atoms with Crippen molar-refractivity contribution in [1.29, 1.82) is 0 Å². The molecule has 122 valence electrons. The van der Waals surface area contributed by atoms with Crippen molar-refractivity contribution < 1.29 is 9.90 Å². The van der Waals surface area contributed by atoms with Gasteiger partial charge in [-0.25, -0.2) is 0 Å². The Kier molecular flexibility index (Phi) is 4.74. The highest BCUT2D eigenvalue weighted by atomic mass is 32.1. The highest BCUT2D eigenvalue weighted by molar-refractivity contribution is 7.79. The number of hydrogen-bond donors (Lipinski definition) is 3. The molecule has 0 aliphatic carbocycles. The molecular formula is C19H18N2O2S. The molecule has 0 amide bonds. The predicted octanol–water partition coefficient (Wildman–Crippen LogP) is 2.95. The Balaban J connectivity index is 2.16. The lowest BCUT2D eigenvalue weighted by molar-refractivity contribution is -0.114. The number of phenols is 1. The quantitative estimate of drug-likeness (QED) is 0.748. The van der Waals surface area contributed by atoms with Gasteiger partial charge < -0.3 is 10.4 Å². The molecule has 3 N–H and O–H groups in total. The molecule has 4 nitrogen and oxygen atoms in total. The third kappa shape index (κ3) is 3.22. The number of thiocarbonyl (C=S) groups is 1. The minimum Gasteiger partial charge on any atom is -0.508 e. The molecule has 0 bridgehead atoms. The summed E-state index contributed by atoms with van der Waals surface area (Å²) in [5.41, 5.74) is 3.27. The topological polar surface area (TPSA) is 61.4 Å². The number of hydrogen-bond acceptors (Lipinski definition) is 5. The van der Waals surface area contributed by atoms with Crippen LogP contribution in [0.25, 0.3) is 5.70 Å². The van der Waals surface area contributed by atoms with E-state index in [0.717, 1.165) is 16.8 Å². The van der Waals surface area contributed by atoms with Crippen molar-refractivity contribution in [1.82, 2.24) is 10.6 Å². The Morgan fingerprint density at radius 3 is 2.38 bits per heavy atom. The lowest BCUT2D eigenvalue weighted by Gasteiger charge is -2.34. The fraction of sp³-hybridized carbons (Fsp3) is 0.158. The molecule has 5 heteroatoms. The van der Waals surface area contributed by atoms with E-state index in [4.69, 9.17) is 12.2 Å². The van der Waals surface area contributed by atoms with Gasteiger partial charge in [0.15, 0.2) is 5.78 Å². The molecule has 1 aliphatic heterocycles. The van der Waals surface area contributed by atoms with E-state index in [0.29, 0.717) is 5.57 Å². The number of rotatable bonds is 4. The number of Topliss-reactive ketones (excluding diaryl/α,β-unsaturated/α-hetero) is 1. The Bertz CT molecular complexity index is 785. The lowest BCUT2D eigenvalue weighted by atomic mass is 9.89. The Morgan fingerprint density at radius 1 is 1.12 bits per heavy atom. The third-order valence-corrected chi connectivity index (χ3v) is 4.28. The van der Waals surface area contributed by atoms with Crippen LogP contribution < -0.4 is 10.6 Å². The Labute approximate surface area is 146 Å². The maximum Gasteiger partial charge on any atom is 0.159 e. The minimum absolute atomic E-state index is 0.0188. The van der Waals surface area contributed by atoms with Crippen LogP contribution in [-0.4, -0.2) is 22.4 Å². The van der Waals surface area contributed by atoms with E-state index in [1.807, 2.05) is 42.5 Å². The van der Waals surface area contributed by atoms with Gasteiger partial charge in [0.25, 0.3) is 0 Å². The van der Waals surface area contributed by atoms with Gasteiger partial charge in [0, 0.05) is 10.9 Å². The van der Waals surface area contributed by atoms with Crippen molar-refractivity contribution >= 4 is 29.1 Å². The summed E-state index contributed by atoms with van der Waals surface area (Å²) in [6, 6.07) is 16.3. The van der Waals surface area contributed by atoms with Crippen LogP contribution in [0.5, 0.6) is 5.75 Å². The van der Waals surface area contributed by atoms with Crippen LogP contribution in [0, 0.1) is 0 Å². The summed E-state index contributed by atoms with van der Waals surface area (Å²) in [5, 5.41) is 17.8. The van der Waals surface area contributed by atoms with Gasteiger partial charge in [0.2, 0.25) is 0 Å². The van der Waals surface area contributed by atoms with Gasteiger partial charge in [0.1, 0.15) is 11.9 Å². The molecule has 2 unspecified atom stereocenters. The maximum absolute atomic E-state index is 12.4. The van der Waals surface area contributed by atoms with Gasteiger partial charge in [-0.2, -0.15) is 0 Å². The van der Waals surface area contributed by atoms with Crippen LogP contribution in [0.4, 0.5) is 0 Å². The summed E-state index contributed by atoms with van der Waals surface area (Å²) in [6.45, 7) is 1.56. The lowest BCUT2D eigenvalue weighted by Crippen LogP contribution is -2.50. The van der Waals surface area contributed by atoms with Crippen LogP contribution in [0.15, 0.2) is 60.2 Å². The molecule has 2 aromatic rings. The van der Waals surface area contributed by atoms with E-state index < -0.39 is 0 Å². The summed E-state index contributed by atoms with van der Waals surface area (Å²) in [6.07, 6.45) is -0.239. The van der Waals surface area contributed by atoms with Gasteiger partial charge in [0.05, 0.1) is 11.7 Å². The fourth-order valence-electron chi connectivity index (χ4n) is 2.91. The zero-order chi connectivity index (χ0) is 17.1. The van der Waals surface area contributed by atoms with Gasteiger partial charge >= 0.3 is 0 Å². The molecule has 0 fully saturated rings. The molecule has 0 spiro atoms. The van der Waals surface area contributed by atoms with Gasteiger partial charge in [-0.15, -0.1) is 0 Å². The second kappa shape index (κ2) is 6.95. The average molecular weight is 338 g/mol. The predicted molar refractivity (Wildman–Crippen MR) is 98.6 cm³/mol. The normalized spacial score (nSPS) is 20.4. The number of carbonyl (C=O) groups excluding carboxylic acids is 1. The van der Waals surface area contributed by atoms with Crippen molar-refractivity contribution in [3.63, 3.8) is 0 Å². The molecule has 2 atom stereocenters. The largest absolute Gasteiger partial charge is 0.508 e. The maximum atomic E-state index is 12.4. The van der Waals surface area contributed by atoms with Crippen molar-refractivity contribution in [3.8, 4) is 5.75 Å². The van der Waals surface area contributed by atoms with Gasteiger partial charge in [-0.1, -0.05) is 54.7 Å². The number of ketones is 1. The van der Waals surface area contributed by atoms with Crippen molar-refractivity contribution in [2.45, 2.75) is 19.1 Å². The third-order valence-electron chi connectivity index (χ3n) is 4.01. The molecule has 0 saturated heterocycles. The van der Waals surface area contributed by atoms with Crippen LogP contribution in [0.3, 0.4) is 0 Å². The summed E-state index contributed by atoms with van der Waals surface area (Å²) < 4.78 is 0. The highest BCUT2D eigenvalue weighted by Gasteiger charge is 2.31. The van der Waals surface area contributed by atoms with E-state index in [9.17, 15) is 9.90 Å². The smallest absolute Gasteiger partial charge is 0.159 e. The minimum atomic E-state index is -0.302. The Morgan fingerprint density at radius 2 is 1.79 bits per heavy atom. The zero-order valence-electron chi connectivity index (χ0n) is 13.2. The van der Waals surface area contributed by atoms with Crippen molar-refractivity contribution in [2.24, 2.45) is 0 Å². The highest BCUT2D eigenvalue weighted by Crippen LogP contribution is 2.32. The summed E-state index contributed by atoms with van der Waals surface area (Å²) in [5.74, 6) is 0.172. The summed E-state index contributed by atoms with van der Waals surface area (Å²) in [4.78, 5) is 12.4. The first kappa shape index (κ1) is 16.4. The molecule has 24 heavy (non-hydrogen) atoms. The molecule has 0 saturated carbocycles. The molecule has 1 aliphatic rings. The van der Waals surface area contributed by atoms with Crippen LogP contribution in [-0.2, 0) is 4.79 Å². The average Bonchev–Trinajstić information content (AvgIpc) is 2.61. The number of phenolic OH excluding ortho intramolecular Hbond substituents is 1. The van der Waals surface area contributed by atoms with Gasteiger partial charge in [-0.3, -0.25) is 10.1 Å². The number of aromatic hydroxyl groups is 1. The molecule has 0 aromatic heterocycles. The molecule has 3 rings (SSSR count). The molecule has 0 radical (unpaired) electrons. The van der Waals surface area contributed by atoms with Crippen molar-refractivity contribution in [3.05, 3.63) is 71.3 Å². The van der Waals surface area contributed by atoms with Crippen LogP contribution in [0.2, 0.25) is 0 Å².